The van der Waals surface area contributed by atoms with Crippen LogP contribution in [0.5, 0.6) is 0 Å². The molecule has 1 saturated carbocycles. The topological polar surface area (TPSA) is 70.5 Å². The zero-order valence-corrected chi connectivity index (χ0v) is 22.8. The second-order valence-corrected chi connectivity index (χ2v) is 11.9. The van der Waals surface area contributed by atoms with Gasteiger partial charge in [-0.25, -0.2) is 4.39 Å². The van der Waals surface area contributed by atoms with Gasteiger partial charge in [0.25, 0.3) is 5.60 Å². The normalized spacial score (nSPS) is 21.6. The fraction of sp³-hybridized carbons (Fsp3) is 0.379. The molecule has 0 spiro atoms. The lowest BCUT2D eigenvalue weighted by Crippen LogP contribution is -2.53. The number of likely N-dealkylation sites (tertiary alicyclic amines) is 1. The third-order valence-corrected chi connectivity index (χ3v) is 9.21. The molecule has 2 aliphatic rings. The molecule has 5 nitrogen and oxygen atoms in total. The van der Waals surface area contributed by atoms with Crippen molar-refractivity contribution in [2.45, 2.75) is 53.3 Å². The first-order valence-corrected chi connectivity index (χ1v) is 14.2. The number of benzene rings is 2. The number of pyridine rings is 1. The molecule has 42 heavy (non-hydrogen) atoms. The van der Waals surface area contributed by atoms with E-state index in [1.165, 1.54) is 23.8 Å². The minimum absolute atomic E-state index is 0.00647. The molecule has 1 aliphatic carbocycles. The number of aromatic nitrogens is 1. The Morgan fingerprint density at radius 1 is 0.881 bits per heavy atom. The van der Waals surface area contributed by atoms with Crippen LogP contribution in [-0.4, -0.2) is 55.8 Å². The molecular formula is C29H27F7N2O3S. The first-order chi connectivity index (χ1) is 19.7. The average Bonchev–Trinajstić information content (AvgIpc) is 3.43. The third kappa shape index (κ3) is 6.67. The summed E-state index contributed by atoms with van der Waals surface area (Å²) in [5.41, 5.74) is -4.85. The summed E-state index contributed by atoms with van der Waals surface area (Å²) in [7, 11) is -1.17. The van der Waals surface area contributed by atoms with Gasteiger partial charge in [0.1, 0.15) is 5.82 Å². The van der Waals surface area contributed by atoms with Crippen LogP contribution in [0.4, 0.5) is 30.7 Å². The number of hydrogen-bond donors (Lipinski definition) is 1. The van der Waals surface area contributed by atoms with Crippen molar-refractivity contribution in [2.75, 3.05) is 13.1 Å². The highest BCUT2D eigenvalue weighted by Crippen LogP contribution is 2.49. The maximum atomic E-state index is 13.0. The number of halogens is 7. The standard InChI is InChI=1S/C20H21FN2O2S.C9H6F6O/c21-17-1-3-18(4-2-17)26(25)19-11-16(12-19)20(24)23-10-7-15(13-23)14-5-8-22-9-6-14;10-8(11,12)7(16,9(13,14)15)6-4-2-1-3-5-6/h1-6,8-9,15-16,19H,7,10-13H2;1-5,16H. The Bertz CT molecular complexity index is 1350. The predicted octanol–water partition coefficient (Wildman–Crippen LogP) is 6.12. The van der Waals surface area contributed by atoms with Crippen LogP contribution in [0, 0.1) is 11.7 Å². The molecule has 0 bridgehead atoms. The summed E-state index contributed by atoms with van der Waals surface area (Å²) in [4.78, 5) is 19.4. The molecule has 2 atom stereocenters. The number of carbonyl (C=O) groups excluding carboxylic acids is 1. The van der Waals surface area contributed by atoms with Crippen LogP contribution in [-0.2, 0) is 21.2 Å². The fourth-order valence-corrected chi connectivity index (χ4v) is 6.60. The van der Waals surface area contributed by atoms with E-state index >= 15 is 0 Å². The van der Waals surface area contributed by atoms with Gasteiger partial charge >= 0.3 is 12.4 Å². The van der Waals surface area contributed by atoms with Crippen LogP contribution in [0.2, 0.25) is 0 Å². The van der Waals surface area contributed by atoms with Crippen LogP contribution < -0.4 is 0 Å². The van der Waals surface area contributed by atoms with Gasteiger partial charge in [0.05, 0.1) is 10.8 Å². The van der Waals surface area contributed by atoms with E-state index in [1.807, 2.05) is 17.0 Å². The summed E-state index contributed by atoms with van der Waals surface area (Å²) in [5, 5.41) is 8.90. The number of hydrogen-bond acceptors (Lipinski definition) is 4. The second kappa shape index (κ2) is 12.5. The van der Waals surface area contributed by atoms with Crippen molar-refractivity contribution >= 4 is 16.7 Å². The number of amides is 1. The van der Waals surface area contributed by atoms with Crippen LogP contribution in [0.25, 0.3) is 0 Å². The molecule has 2 fully saturated rings. The van der Waals surface area contributed by atoms with E-state index < -0.39 is 34.3 Å². The van der Waals surface area contributed by atoms with Crippen molar-refractivity contribution in [3.05, 3.63) is 96.1 Å². The van der Waals surface area contributed by atoms with Crippen LogP contribution in [0.1, 0.15) is 36.3 Å². The molecule has 1 aliphatic heterocycles. The van der Waals surface area contributed by atoms with E-state index in [1.54, 1.807) is 24.5 Å². The van der Waals surface area contributed by atoms with Crippen LogP contribution in [0.15, 0.2) is 84.0 Å². The molecule has 226 valence electrons. The number of carbonyl (C=O) groups is 1. The molecule has 13 heteroatoms. The Hall–Kier alpha value is -3.32. The molecule has 1 aromatic heterocycles. The Kier molecular flexibility index (Phi) is 9.41. The molecule has 0 radical (unpaired) electrons. The average molecular weight is 617 g/mol. The van der Waals surface area contributed by atoms with E-state index in [0.717, 1.165) is 31.6 Å². The van der Waals surface area contributed by atoms with E-state index in [9.17, 15) is 39.7 Å². The number of rotatable bonds is 5. The highest BCUT2D eigenvalue weighted by Gasteiger charge is 2.71. The second-order valence-electron chi connectivity index (χ2n) is 10.2. The monoisotopic (exact) mass is 616 g/mol. The third-order valence-electron chi connectivity index (χ3n) is 7.48. The van der Waals surface area contributed by atoms with Crippen molar-refractivity contribution in [1.82, 2.24) is 9.88 Å². The minimum atomic E-state index is -5.83. The van der Waals surface area contributed by atoms with Crippen molar-refractivity contribution in [1.29, 1.82) is 0 Å². The van der Waals surface area contributed by atoms with Crippen molar-refractivity contribution in [3.63, 3.8) is 0 Å². The molecule has 3 aromatic rings. The van der Waals surface area contributed by atoms with Gasteiger partial charge in [0.2, 0.25) is 5.91 Å². The van der Waals surface area contributed by atoms with E-state index in [-0.39, 0.29) is 22.9 Å². The SMILES string of the molecule is O=C(C1CC(S(=O)c2ccc(F)cc2)C1)N1CCC(c2ccncc2)C1.OC(c1ccccc1)(C(F)(F)F)C(F)(F)F. The van der Waals surface area contributed by atoms with E-state index in [0.29, 0.717) is 35.8 Å². The Morgan fingerprint density at radius 3 is 2.00 bits per heavy atom. The maximum absolute atomic E-state index is 13.0. The number of aliphatic hydroxyl groups is 1. The molecule has 2 heterocycles. The Balaban J connectivity index is 0.000000219. The highest BCUT2D eigenvalue weighted by atomic mass is 32.2. The van der Waals surface area contributed by atoms with Crippen molar-refractivity contribution in [2.24, 2.45) is 5.92 Å². The van der Waals surface area contributed by atoms with Crippen molar-refractivity contribution in [3.8, 4) is 0 Å². The Morgan fingerprint density at radius 2 is 1.45 bits per heavy atom. The smallest absolute Gasteiger partial charge is 0.369 e. The van der Waals surface area contributed by atoms with Gasteiger partial charge in [-0.2, -0.15) is 26.3 Å². The summed E-state index contributed by atoms with van der Waals surface area (Å²) in [5.74, 6) is 0.214. The number of alkyl halides is 6. The predicted molar refractivity (Wildman–Crippen MR) is 140 cm³/mol. The van der Waals surface area contributed by atoms with E-state index in [4.69, 9.17) is 5.11 Å². The van der Waals surface area contributed by atoms with Crippen molar-refractivity contribution < 1.29 is 44.8 Å². The molecule has 1 saturated heterocycles. The fourth-order valence-electron chi connectivity index (χ4n) is 5.00. The van der Waals surface area contributed by atoms with Gasteiger partial charge in [-0.3, -0.25) is 14.0 Å². The first-order valence-electron chi connectivity index (χ1n) is 13.0. The lowest BCUT2D eigenvalue weighted by Gasteiger charge is -2.36. The number of nitrogens with zero attached hydrogens (tertiary/aromatic N) is 2. The van der Waals surface area contributed by atoms with Crippen LogP contribution in [0.3, 0.4) is 0 Å². The summed E-state index contributed by atoms with van der Waals surface area (Å²) in [6, 6.07) is 14.2. The summed E-state index contributed by atoms with van der Waals surface area (Å²) in [6.45, 7) is 1.54. The van der Waals surface area contributed by atoms with Crippen LogP contribution >= 0.6 is 0 Å². The maximum Gasteiger partial charge on any atom is 0.430 e. The lowest BCUT2D eigenvalue weighted by atomic mass is 9.83. The zero-order valence-electron chi connectivity index (χ0n) is 22.0. The van der Waals surface area contributed by atoms with Gasteiger partial charge in [-0.1, -0.05) is 30.3 Å². The largest absolute Gasteiger partial charge is 0.430 e. The highest BCUT2D eigenvalue weighted by molar-refractivity contribution is 7.85. The molecule has 2 unspecified atom stereocenters. The van der Waals surface area contributed by atoms with Gasteiger partial charge < -0.3 is 10.0 Å². The lowest BCUT2D eigenvalue weighted by molar-refractivity contribution is -0.376. The minimum Gasteiger partial charge on any atom is -0.369 e. The van der Waals surface area contributed by atoms with Gasteiger partial charge in [-0.05, 0) is 61.2 Å². The summed E-state index contributed by atoms with van der Waals surface area (Å²) in [6.07, 6.45) is -5.78. The molecule has 1 amide bonds. The molecule has 1 N–H and O–H groups in total. The molecule has 2 aromatic carbocycles. The van der Waals surface area contributed by atoms with Gasteiger partial charge in [-0.15, -0.1) is 0 Å². The molecular weight excluding hydrogens is 589 g/mol. The summed E-state index contributed by atoms with van der Waals surface area (Å²) < 4.78 is 99.4. The van der Waals surface area contributed by atoms with Gasteiger partial charge in [0.15, 0.2) is 0 Å². The van der Waals surface area contributed by atoms with E-state index in [2.05, 4.69) is 4.98 Å². The Labute approximate surface area is 239 Å². The summed E-state index contributed by atoms with van der Waals surface area (Å²) >= 11 is 0. The molecule has 5 rings (SSSR count). The zero-order chi connectivity index (χ0) is 30.7. The quantitative estimate of drug-likeness (QED) is 0.351. The van der Waals surface area contributed by atoms with Gasteiger partial charge in [0, 0.05) is 53.0 Å². The first kappa shape index (κ1) is 31.6.